The lowest BCUT2D eigenvalue weighted by Gasteiger charge is -2.42. The van der Waals surface area contributed by atoms with Gasteiger partial charge in [0.15, 0.2) is 0 Å². The van der Waals surface area contributed by atoms with Crippen molar-refractivity contribution in [3.8, 4) is 0 Å². The Hall–Kier alpha value is -1.70. The zero-order valence-corrected chi connectivity index (χ0v) is 18.4. The average molecular weight is 417 g/mol. The van der Waals surface area contributed by atoms with Gasteiger partial charge >= 0.3 is 0 Å². The summed E-state index contributed by atoms with van der Waals surface area (Å²) in [5.74, 6) is 0.270. The number of piperidine rings is 1. The maximum absolute atomic E-state index is 13.2. The topological polar surface area (TPSA) is 69.0 Å². The molecule has 2 aliphatic heterocycles. The quantitative estimate of drug-likeness (QED) is 0.721. The lowest BCUT2D eigenvalue weighted by atomic mass is 9.83. The van der Waals surface area contributed by atoms with Crippen molar-refractivity contribution in [2.75, 3.05) is 46.9 Å². The normalized spacial score (nSPS) is 24.0. The van der Waals surface area contributed by atoms with E-state index < -0.39 is 6.61 Å². The Balaban J connectivity index is 1.40. The summed E-state index contributed by atoms with van der Waals surface area (Å²) in [4.78, 5) is 31.6. The number of carbonyl (C=O) groups is 1. The van der Waals surface area contributed by atoms with Gasteiger partial charge in [0.05, 0.1) is 0 Å². The summed E-state index contributed by atoms with van der Waals surface area (Å²) in [5, 5.41) is 9.20. The van der Waals surface area contributed by atoms with Gasteiger partial charge in [-0.25, -0.2) is 0 Å². The Morgan fingerprint density at radius 2 is 1.90 bits per heavy atom. The number of aromatic nitrogens is 1. The summed E-state index contributed by atoms with van der Waals surface area (Å²) in [5.41, 5.74) is 2.02. The zero-order valence-electron chi connectivity index (χ0n) is 18.4. The Kier molecular flexibility index (Phi) is 6.60. The molecule has 166 valence electrons. The molecule has 1 aliphatic carbocycles. The van der Waals surface area contributed by atoms with Crippen molar-refractivity contribution in [3.05, 3.63) is 33.7 Å². The predicted octanol–water partition coefficient (Wildman–Crippen LogP) is 1.09. The molecule has 4 rings (SSSR count). The van der Waals surface area contributed by atoms with Crippen LogP contribution in [0, 0.1) is 5.92 Å². The summed E-state index contributed by atoms with van der Waals surface area (Å²) in [6.45, 7) is 4.13. The molecule has 7 heteroatoms. The number of amides is 1. The number of hydrogen-bond donors (Lipinski definition) is 1. The fraction of sp³-hybridized carbons (Fsp3) is 0.739. The van der Waals surface area contributed by atoms with E-state index >= 15 is 0 Å². The summed E-state index contributed by atoms with van der Waals surface area (Å²) in [6.07, 6.45) is 6.35. The Labute approximate surface area is 179 Å². The molecule has 1 aromatic rings. The van der Waals surface area contributed by atoms with Gasteiger partial charge in [-0.1, -0.05) is 18.9 Å². The lowest BCUT2D eigenvalue weighted by Crippen LogP contribution is -2.50. The molecule has 1 saturated heterocycles. The number of fused-ring (bicyclic) bond motifs is 4. The summed E-state index contributed by atoms with van der Waals surface area (Å²) < 4.78 is 1.95. The van der Waals surface area contributed by atoms with Crippen LogP contribution in [-0.4, -0.2) is 83.2 Å². The molecule has 0 radical (unpaired) electrons. The number of pyridine rings is 1. The number of hydrogen-bond acceptors (Lipinski definition) is 5. The van der Waals surface area contributed by atoms with E-state index in [1.54, 1.807) is 4.90 Å². The van der Waals surface area contributed by atoms with Crippen LogP contribution in [0.4, 0.5) is 0 Å². The van der Waals surface area contributed by atoms with E-state index in [9.17, 15) is 14.7 Å². The molecule has 0 spiro atoms. The van der Waals surface area contributed by atoms with Gasteiger partial charge < -0.3 is 24.4 Å². The predicted molar refractivity (Wildman–Crippen MR) is 116 cm³/mol. The van der Waals surface area contributed by atoms with Gasteiger partial charge in [-0.2, -0.15) is 0 Å². The third-order valence-electron chi connectivity index (χ3n) is 7.39. The van der Waals surface area contributed by atoms with Crippen LogP contribution in [0.25, 0.3) is 0 Å². The van der Waals surface area contributed by atoms with Gasteiger partial charge in [-0.3, -0.25) is 9.59 Å². The van der Waals surface area contributed by atoms with Crippen molar-refractivity contribution in [1.82, 2.24) is 19.3 Å². The highest BCUT2D eigenvalue weighted by Crippen LogP contribution is 2.35. The number of nitrogens with zero attached hydrogens (tertiary/aromatic N) is 4. The number of aliphatic hydroxyl groups excluding tert-OH is 1. The molecule has 30 heavy (non-hydrogen) atoms. The molecule has 2 bridgehead atoms. The van der Waals surface area contributed by atoms with Gasteiger partial charge in [0.25, 0.3) is 5.56 Å². The number of likely N-dealkylation sites (tertiary alicyclic amines) is 1. The minimum absolute atomic E-state index is 0.125. The van der Waals surface area contributed by atoms with E-state index in [1.807, 2.05) is 10.6 Å². The van der Waals surface area contributed by atoms with Gasteiger partial charge in [0.2, 0.25) is 5.91 Å². The van der Waals surface area contributed by atoms with Crippen LogP contribution >= 0.6 is 0 Å². The fourth-order valence-electron chi connectivity index (χ4n) is 5.64. The SMILES string of the molecule is CN(CCN(C)C1CCCC1)Cc1ccc2n(c1=O)C[C@H]1C[C@@H]2CN(C(=O)CO)C1. The molecule has 1 amide bonds. The molecule has 0 unspecified atom stereocenters. The Bertz CT molecular complexity index is 817. The minimum atomic E-state index is -0.437. The van der Waals surface area contributed by atoms with E-state index in [0.29, 0.717) is 26.2 Å². The molecule has 7 nitrogen and oxygen atoms in total. The summed E-state index contributed by atoms with van der Waals surface area (Å²) in [7, 11) is 4.32. The van der Waals surface area contributed by atoms with Crippen LogP contribution in [0.3, 0.4) is 0 Å². The van der Waals surface area contributed by atoms with Crippen molar-refractivity contribution < 1.29 is 9.90 Å². The van der Waals surface area contributed by atoms with E-state index in [1.165, 1.54) is 25.7 Å². The lowest BCUT2D eigenvalue weighted by molar-refractivity contribution is -0.136. The fourth-order valence-corrected chi connectivity index (χ4v) is 5.64. The Morgan fingerprint density at radius 3 is 2.63 bits per heavy atom. The number of aliphatic hydroxyl groups is 1. The van der Waals surface area contributed by atoms with E-state index in [2.05, 4.69) is 30.0 Å². The highest BCUT2D eigenvalue weighted by Gasteiger charge is 2.36. The Morgan fingerprint density at radius 1 is 1.13 bits per heavy atom. The van der Waals surface area contributed by atoms with E-state index in [0.717, 1.165) is 36.8 Å². The first-order valence-corrected chi connectivity index (χ1v) is 11.5. The van der Waals surface area contributed by atoms with Crippen LogP contribution in [0.2, 0.25) is 0 Å². The third kappa shape index (κ3) is 4.48. The van der Waals surface area contributed by atoms with E-state index in [4.69, 9.17) is 0 Å². The maximum atomic E-state index is 13.2. The van der Waals surface area contributed by atoms with Crippen LogP contribution in [0.5, 0.6) is 0 Å². The molecular weight excluding hydrogens is 380 g/mol. The third-order valence-corrected chi connectivity index (χ3v) is 7.39. The van der Waals surface area contributed by atoms with E-state index in [-0.39, 0.29) is 23.3 Å². The first kappa shape index (κ1) is 21.5. The smallest absolute Gasteiger partial charge is 0.255 e. The van der Waals surface area contributed by atoms with Crippen LogP contribution < -0.4 is 5.56 Å². The first-order chi connectivity index (χ1) is 14.5. The second-order valence-electron chi connectivity index (χ2n) is 9.61. The second-order valence-corrected chi connectivity index (χ2v) is 9.61. The van der Waals surface area contributed by atoms with Crippen molar-refractivity contribution in [2.45, 2.75) is 57.2 Å². The molecule has 1 N–H and O–H groups in total. The summed E-state index contributed by atoms with van der Waals surface area (Å²) in [6, 6.07) is 4.80. The standard InChI is InChI=1S/C23H36N4O3/c1-24(9-10-25(2)20-5-3-4-6-20)14-18-7-8-21-19-11-17(13-27(21)23(18)30)12-26(15-19)22(29)16-28/h7-8,17,19-20,28H,3-6,9-16H2,1-2H3/t17-,19+/m0/s1. The number of rotatable bonds is 7. The van der Waals surface area contributed by atoms with Gasteiger partial charge in [-0.15, -0.1) is 0 Å². The maximum Gasteiger partial charge on any atom is 0.255 e. The molecule has 1 aromatic heterocycles. The number of likely N-dealkylation sites (N-methyl/N-ethyl adjacent to an activating group) is 2. The minimum Gasteiger partial charge on any atom is -0.387 e. The van der Waals surface area contributed by atoms with Gasteiger partial charge in [0, 0.05) is 62.5 Å². The molecule has 0 aromatic carbocycles. The molecular formula is C23H36N4O3. The highest BCUT2D eigenvalue weighted by molar-refractivity contribution is 5.77. The number of carbonyl (C=O) groups excluding carboxylic acids is 1. The second kappa shape index (κ2) is 9.20. The van der Waals surface area contributed by atoms with Crippen molar-refractivity contribution in [2.24, 2.45) is 5.92 Å². The highest BCUT2D eigenvalue weighted by atomic mass is 16.3. The molecule has 2 atom stereocenters. The van der Waals surface area contributed by atoms with Gasteiger partial charge in [-0.05, 0) is 45.3 Å². The largest absolute Gasteiger partial charge is 0.387 e. The van der Waals surface area contributed by atoms with Crippen LogP contribution in [-0.2, 0) is 17.9 Å². The zero-order chi connectivity index (χ0) is 21.3. The monoisotopic (exact) mass is 416 g/mol. The molecule has 3 aliphatic rings. The molecule has 3 heterocycles. The molecule has 1 saturated carbocycles. The van der Waals surface area contributed by atoms with Crippen molar-refractivity contribution in [3.63, 3.8) is 0 Å². The molecule has 2 fully saturated rings. The average Bonchev–Trinajstić information content (AvgIpc) is 3.28. The van der Waals surface area contributed by atoms with Crippen molar-refractivity contribution in [1.29, 1.82) is 0 Å². The van der Waals surface area contributed by atoms with Crippen LogP contribution in [0.15, 0.2) is 16.9 Å². The van der Waals surface area contributed by atoms with Crippen molar-refractivity contribution >= 4 is 5.91 Å². The summed E-state index contributed by atoms with van der Waals surface area (Å²) >= 11 is 0. The van der Waals surface area contributed by atoms with Crippen LogP contribution in [0.1, 0.15) is 49.3 Å². The van der Waals surface area contributed by atoms with Gasteiger partial charge in [0.1, 0.15) is 6.61 Å². The first-order valence-electron chi connectivity index (χ1n) is 11.5.